The van der Waals surface area contributed by atoms with Crippen molar-refractivity contribution in [2.24, 2.45) is 0 Å². The van der Waals surface area contributed by atoms with Gasteiger partial charge in [0.2, 0.25) is 0 Å². The number of ether oxygens (including phenoxy) is 1. The minimum absolute atomic E-state index is 0.354. The minimum Gasteiger partial charge on any atom is -0.461 e. The third-order valence-corrected chi connectivity index (χ3v) is 3.37. The topological polar surface area (TPSA) is 66.5 Å². The van der Waals surface area contributed by atoms with Gasteiger partial charge in [0.15, 0.2) is 0 Å². The van der Waals surface area contributed by atoms with Crippen molar-refractivity contribution in [3.63, 3.8) is 0 Å². The Morgan fingerprint density at radius 1 is 1.24 bits per heavy atom. The molecule has 0 amide bonds. The van der Waals surface area contributed by atoms with Crippen LogP contribution in [0.4, 0.5) is 0 Å². The number of nitrogens with zero attached hydrogens (tertiary/aromatic N) is 2. The zero-order chi connectivity index (χ0) is 14.9. The third kappa shape index (κ3) is 5.41. The van der Waals surface area contributed by atoms with Gasteiger partial charge in [0, 0.05) is 45.8 Å². The van der Waals surface area contributed by atoms with E-state index in [0.29, 0.717) is 12.3 Å². The van der Waals surface area contributed by atoms with E-state index in [4.69, 9.17) is 4.74 Å². The van der Waals surface area contributed by atoms with Crippen molar-refractivity contribution in [2.75, 3.05) is 45.9 Å². The van der Waals surface area contributed by atoms with E-state index in [1.165, 1.54) is 0 Å². The molecule has 2 rings (SSSR count). The van der Waals surface area contributed by atoms with E-state index in [9.17, 15) is 4.79 Å². The van der Waals surface area contributed by atoms with Crippen molar-refractivity contribution in [3.8, 4) is 0 Å². The van der Waals surface area contributed by atoms with Gasteiger partial charge in [-0.3, -0.25) is 4.90 Å². The Balaban J connectivity index is 1.97. The first-order chi connectivity index (χ1) is 10.3. The Morgan fingerprint density at radius 2 is 1.95 bits per heavy atom. The van der Waals surface area contributed by atoms with Crippen LogP contribution in [0.5, 0.6) is 0 Å². The first-order valence-electron chi connectivity index (χ1n) is 7.56. The summed E-state index contributed by atoms with van der Waals surface area (Å²) in [6.45, 7) is 8.82. The van der Waals surface area contributed by atoms with Crippen LogP contribution in [0.15, 0.2) is 18.2 Å². The van der Waals surface area contributed by atoms with Crippen molar-refractivity contribution in [2.45, 2.75) is 13.5 Å². The molecule has 0 atom stereocenters. The number of nitrogens with one attached hydrogen (secondary N) is 2. The van der Waals surface area contributed by atoms with Crippen LogP contribution in [0.2, 0.25) is 0 Å². The molecule has 0 bridgehead atoms. The van der Waals surface area contributed by atoms with Gasteiger partial charge in [0.05, 0.1) is 12.3 Å². The molecule has 2 heterocycles. The van der Waals surface area contributed by atoms with Crippen LogP contribution in [0.1, 0.15) is 23.1 Å². The van der Waals surface area contributed by atoms with Crippen LogP contribution >= 0.6 is 0 Å². The molecule has 2 N–H and O–H groups in total. The fraction of sp³-hybridized carbons (Fsp3) is 0.600. The summed E-state index contributed by atoms with van der Waals surface area (Å²) in [6, 6.07) is 5.51. The van der Waals surface area contributed by atoms with Gasteiger partial charge in [-0.15, -0.1) is 0 Å². The second-order valence-electron chi connectivity index (χ2n) is 5.01. The molecule has 6 nitrogen and oxygen atoms in total. The van der Waals surface area contributed by atoms with Gasteiger partial charge in [-0.25, -0.2) is 9.78 Å². The molecule has 0 radical (unpaired) electrons. The maximum Gasteiger partial charge on any atom is 0.356 e. The van der Waals surface area contributed by atoms with Crippen molar-refractivity contribution in [1.29, 1.82) is 0 Å². The molecular formula is C15H24N4O2. The highest BCUT2D eigenvalue weighted by molar-refractivity contribution is 5.87. The van der Waals surface area contributed by atoms with E-state index in [1.54, 1.807) is 13.0 Å². The number of carbonyl (C=O) groups excluding carboxylic acids is 1. The summed E-state index contributed by atoms with van der Waals surface area (Å²) in [5.74, 6) is -0.354. The molecule has 1 fully saturated rings. The lowest BCUT2D eigenvalue weighted by Crippen LogP contribution is -2.33. The first kappa shape index (κ1) is 15.9. The highest BCUT2D eigenvalue weighted by Gasteiger charge is 2.12. The molecule has 21 heavy (non-hydrogen) atoms. The van der Waals surface area contributed by atoms with E-state index < -0.39 is 0 Å². The normalized spacial score (nSPS) is 17.6. The number of pyridine rings is 1. The van der Waals surface area contributed by atoms with Gasteiger partial charge in [-0.2, -0.15) is 0 Å². The predicted molar refractivity (Wildman–Crippen MR) is 81.2 cm³/mol. The van der Waals surface area contributed by atoms with Crippen molar-refractivity contribution in [3.05, 3.63) is 29.6 Å². The maximum atomic E-state index is 11.7. The molecule has 1 saturated heterocycles. The average Bonchev–Trinajstić information content (AvgIpc) is 2.62. The Bertz CT molecular complexity index is 443. The van der Waals surface area contributed by atoms with E-state index in [2.05, 4.69) is 20.5 Å². The van der Waals surface area contributed by atoms with Crippen LogP contribution in [0, 0.1) is 0 Å². The largest absolute Gasteiger partial charge is 0.461 e. The molecule has 116 valence electrons. The molecule has 0 unspecified atom stereocenters. The Morgan fingerprint density at radius 3 is 2.62 bits per heavy atom. The number of carbonyl (C=O) groups is 1. The summed E-state index contributed by atoms with van der Waals surface area (Å²) in [7, 11) is 0. The fourth-order valence-electron chi connectivity index (χ4n) is 2.29. The van der Waals surface area contributed by atoms with Crippen LogP contribution in [-0.2, 0) is 11.3 Å². The van der Waals surface area contributed by atoms with Crippen LogP contribution in [-0.4, -0.2) is 61.7 Å². The van der Waals surface area contributed by atoms with Crippen LogP contribution < -0.4 is 10.6 Å². The second-order valence-corrected chi connectivity index (χ2v) is 5.01. The van der Waals surface area contributed by atoms with Gasteiger partial charge in [-0.1, -0.05) is 6.07 Å². The quantitative estimate of drug-likeness (QED) is 0.776. The zero-order valence-corrected chi connectivity index (χ0v) is 12.6. The van der Waals surface area contributed by atoms with Gasteiger partial charge in [0.25, 0.3) is 0 Å². The molecular weight excluding hydrogens is 268 g/mol. The summed E-state index contributed by atoms with van der Waals surface area (Å²) < 4.78 is 4.99. The first-order valence-corrected chi connectivity index (χ1v) is 7.56. The number of hydrogen-bond acceptors (Lipinski definition) is 6. The molecule has 0 saturated carbocycles. The van der Waals surface area contributed by atoms with E-state index in [-0.39, 0.29) is 5.97 Å². The number of hydrogen-bond donors (Lipinski definition) is 2. The minimum atomic E-state index is -0.354. The Kier molecular flexibility index (Phi) is 6.59. The van der Waals surface area contributed by atoms with Gasteiger partial charge < -0.3 is 15.4 Å². The van der Waals surface area contributed by atoms with E-state index in [0.717, 1.165) is 51.5 Å². The van der Waals surface area contributed by atoms with Crippen LogP contribution in [0.3, 0.4) is 0 Å². The van der Waals surface area contributed by atoms with Crippen molar-refractivity contribution < 1.29 is 9.53 Å². The highest BCUT2D eigenvalue weighted by Crippen LogP contribution is 2.05. The van der Waals surface area contributed by atoms with Crippen LogP contribution in [0.25, 0.3) is 0 Å². The SMILES string of the molecule is CCOC(=O)c1cccc(CN2CCNCCNCC2)n1. The monoisotopic (exact) mass is 292 g/mol. The summed E-state index contributed by atoms with van der Waals surface area (Å²) in [4.78, 5) is 18.5. The summed E-state index contributed by atoms with van der Waals surface area (Å²) >= 11 is 0. The molecule has 0 aliphatic carbocycles. The van der Waals surface area contributed by atoms with E-state index in [1.807, 2.05) is 12.1 Å². The second kappa shape index (κ2) is 8.71. The summed E-state index contributed by atoms with van der Waals surface area (Å²) in [6.07, 6.45) is 0. The number of rotatable bonds is 4. The Hall–Kier alpha value is -1.50. The average molecular weight is 292 g/mol. The lowest BCUT2D eigenvalue weighted by Gasteiger charge is -2.21. The van der Waals surface area contributed by atoms with Gasteiger partial charge in [-0.05, 0) is 19.1 Å². The molecule has 1 aliphatic rings. The molecule has 1 aromatic rings. The standard InChI is InChI=1S/C15H24N4O2/c1-2-21-15(20)14-5-3-4-13(18-14)12-19-10-8-16-6-7-17-9-11-19/h3-5,16-17H,2,6-12H2,1H3. The fourth-order valence-corrected chi connectivity index (χ4v) is 2.29. The third-order valence-electron chi connectivity index (χ3n) is 3.37. The summed E-state index contributed by atoms with van der Waals surface area (Å²) in [5, 5.41) is 6.78. The highest BCUT2D eigenvalue weighted by atomic mass is 16.5. The van der Waals surface area contributed by atoms with Crippen molar-refractivity contribution in [1.82, 2.24) is 20.5 Å². The van der Waals surface area contributed by atoms with Gasteiger partial charge in [0.1, 0.15) is 5.69 Å². The number of aromatic nitrogens is 1. The lowest BCUT2D eigenvalue weighted by atomic mass is 10.2. The predicted octanol–water partition coefficient (Wildman–Crippen LogP) is 0.253. The van der Waals surface area contributed by atoms with Gasteiger partial charge >= 0.3 is 5.97 Å². The lowest BCUT2D eigenvalue weighted by molar-refractivity contribution is 0.0519. The summed E-state index contributed by atoms with van der Waals surface area (Å²) in [5.41, 5.74) is 1.29. The molecule has 1 aromatic heterocycles. The van der Waals surface area contributed by atoms with Crippen molar-refractivity contribution >= 4 is 5.97 Å². The molecule has 0 spiro atoms. The molecule has 0 aromatic carbocycles. The zero-order valence-electron chi connectivity index (χ0n) is 12.6. The molecule has 6 heteroatoms. The number of esters is 1. The van der Waals surface area contributed by atoms with E-state index >= 15 is 0 Å². The maximum absolute atomic E-state index is 11.7. The Labute approximate surface area is 125 Å². The smallest absolute Gasteiger partial charge is 0.356 e. The molecule has 1 aliphatic heterocycles.